The fourth-order valence-corrected chi connectivity index (χ4v) is 3.06. The van der Waals surface area contributed by atoms with Crippen molar-refractivity contribution in [1.29, 1.82) is 0 Å². The molecule has 0 saturated heterocycles. The molecule has 25 heavy (non-hydrogen) atoms. The van der Waals surface area contributed by atoms with Crippen molar-refractivity contribution in [3.8, 4) is 11.5 Å². The van der Waals surface area contributed by atoms with E-state index >= 15 is 0 Å². The highest BCUT2D eigenvalue weighted by Gasteiger charge is 2.26. The number of hydrogen-bond donors (Lipinski definition) is 3. The van der Waals surface area contributed by atoms with Gasteiger partial charge >= 0.3 is 5.97 Å². The number of ether oxygens (including phenoxy) is 2. The van der Waals surface area contributed by atoms with Crippen molar-refractivity contribution in [3.63, 3.8) is 0 Å². The van der Waals surface area contributed by atoms with E-state index in [2.05, 4.69) is 15.3 Å². The van der Waals surface area contributed by atoms with Crippen LogP contribution in [0.4, 0.5) is 11.6 Å². The van der Waals surface area contributed by atoms with Gasteiger partial charge in [-0.2, -0.15) is 0 Å². The van der Waals surface area contributed by atoms with Gasteiger partial charge in [0, 0.05) is 0 Å². The lowest BCUT2D eigenvalue weighted by Gasteiger charge is -2.19. The van der Waals surface area contributed by atoms with Crippen LogP contribution in [-0.2, 0) is 0 Å². The zero-order chi connectivity index (χ0) is 17.6. The second-order valence-corrected chi connectivity index (χ2v) is 6.03. The maximum atomic E-state index is 11.5. The average Bonchev–Trinajstić information content (AvgIpc) is 3.00. The van der Waals surface area contributed by atoms with E-state index in [1.54, 1.807) is 6.07 Å². The molecule has 7 nitrogen and oxygen atoms in total. The largest absolute Gasteiger partial charge is 0.485 e. The summed E-state index contributed by atoms with van der Waals surface area (Å²) in [6.07, 6.45) is 0. The van der Waals surface area contributed by atoms with Crippen LogP contribution in [0.2, 0.25) is 5.02 Å². The Hall–Kier alpha value is -2.93. The summed E-state index contributed by atoms with van der Waals surface area (Å²) in [5.74, 6) is -0.112. The number of carbonyl (C=O) groups is 1. The molecule has 1 aliphatic rings. The fraction of sp³-hybridized carbons (Fsp3) is 0.176. The van der Waals surface area contributed by atoms with Crippen molar-refractivity contribution in [2.75, 3.05) is 18.5 Å². The number of benzene rings is 2. The maximum Gasteiger partial charge on any atom is 0.339 e. The smallest absolute Gasteiger partial charge is 0.339 e. The highest BCUT2D eigenvalue weighted by atomic mass is 35.5. The lowest BCUT2D eigenvalue weighted by atomic mass is 10.1. The van der Waals surface area contributed by atoms with Crippen molar-refractivity contribution >= 4 is 40.2 Å². The van der Waals surface area contributed by atoms with Crippen LogP contribution in [0.25, 0.3) is 11.0 Å². The van der Waals surface area contributed by atoms with Crippen molar-refractivity contribution < 1.29 is 19.4 Å². The predicted octanol–water partition coefficient (Wildman–Crippen LogP) is 3.74. The number of aromatic nitrogens is 2. The predicted molar refractivity (Wildman–Crippen MR) is 93.5 cm³/mol. The van der Waals surface area contributed by atoms with E-state index in [1.807, 2.05) is 19.1 Å². The topological polar surface area (TPSA) is 96.5 Å². The number of nitrogens with one attached hydrogen (secondary N) is 2. The molecule has 2 heterocycles. The molecule has 3 N–H and O–H groups in total. The van der Waals surface area contributed by atoms with E-state index in [-0.39, 0.29) is 11.3 Å². The SMILES string of the molecule is Cc1cccc(Cl)c1Nc1nc2c3c(c(C(=O)O)cc2[nH]1)OCCO3. The Labute approximate surface area is 147 Å². The second-order valence-electron chi connectivity index (χ2n) is 5.62. The summed E-state index contributed by atoms with van der Waals surface area (Å²) < 4.78 is 11.1. The highest BCUT2D eigenvalue weighted by Crippen LogP contribution is 2.41. The Morgan fingerprint density at radius 1 is 1.32 bits per heavy atom. The van der Waals surface area contributed by atoms with Gasteiger partial charge in [0.1, 0.15) is 24.3 Å². The van der Waals surface area contributed by atoms with Gasteiger partial charge in [-0.15, -0.1) is 0 Å². The van der Waals surface area contributed by atoms with E-state index in [9.17, 15) is 9.90 Å². The number of aromatic amines is 1. The lowest BCUT2D eigenvalue weighted by Crippen LogP contribution is -2.18. The van der Waals surface area contributed by atoms with Crippen LogP contribution in [0.3, 0.4) is 0 Å². The Bertz CT molecular complexity index is 979. The first kappa shape index (κ1) is 15.6. The highest BCUT2D eigenvalue weighted by molar-refractivity contribution is 6.33. The number of imidazole rings is 1. The van der Waals surface area contributed by atoms with E-state index in [1.165, 1.54) is 6.07 Å². The molecule has 0 fully saturated rings. The first-order valence-corrected chi connectivity index (χ1v) is 8.00. The number of nitrogens with zero attached hydrogens (tertiary/aromatic N) is 1. The summed E-state index contributed by atoms with van der Waals surface area (Å²) in [5, 5.41) is 13.1. The molecule has 0 unspecified atom stereocenters. The Morgan fingerprint density at radius 3 is 2.80 bits per heavy atom. The molecular weight excluding hydrogens is 346 g/mol. The Balaban J connectivity index is 1.84. The fourth-order valence-electron chi connectivity index (χ4n) is 2.80. The molecule has 0 bridgehead atoms. The van der Waals surface area contributed by atoms with Crippen LogP contribution in [0, 0.1) is 6.92 Å². The normalized spacial score (nSPS) is 13.0. The van der Waals surface area contributed by atoms with Crippen LogP contribution in [-0.4, -0.2) is 34.3 Å². The number of carboxylic acid groups (broad SMARTS) is 1. The first-order chi connectivity index (χ1) is 12.0. The number of aromatic carboxylic acids is 1. The zero-order valence-electron chi connectivity index (χ0n) is 13.2. The molecule has 0 amide bonds. The van der Waals surface area contributed by atoms with Crippen LogP contribution < -0.4 is 14.8 Å². The minimum absolute atomic E-state index is 0.0336. The van der Waals surface area contributed by atoms with Gasteiger partial charge in [-0.3, -0.25) is 0 Å². The Morgan fingerprint density at radius 2 is 2.08 bits per heavy atom. The van der Waals surface area contributed by atoms with Gasteiger partial charge in [-0.1, -0.05) is 23.7 Å². The third-order valence-electron chi connectivity index (χ3n) is 3.96. The summed E-state index contributed by atoms with van der Waals surface area (Å²) in [5.41, 5.74) is 2.76. The van der Waals surface area contributed by atoms with Gasteiger partial charge in [0.2, 0.25) is 5.95 Å². The summed E-state index contributed by atoms with van der Waals surface area (Å²) >= 11 is 6.23. The number of anilines is 2. The molecule has 0 spiro atoms. The van der Waals surface area contributed by atoms with Crippen molar-refractivity contribution in [2.24, 2.45) is 0 Å². The molecule has 0 saturated carbocycles. The number of halogens is 1. The molecule has 0 radical (unpaired) electrons. The molecule has 1 aromatic heterocycles. The molecule has 1 aliphatic heterocycles. The van der Waals surface area contributed by atoms with E-state index < -0.39 is 5.97 Å². The number of fused-ring (bicyclic) bond motifs is 3. The number of rotatable bonds is 3. The number of carboxylic acids is 1. The molecular formula is C17H14ClN3O4. The van der Waals surface area contributed by atoms with E-state index in [4.69, 9.17) is 21.1 Å². The van der Waals surface area contributed by atoms with Gasteiger partial charge in [0.05, 0.1) is 16.2 Å². The minimum atomic E-state index is -1.09. The molecule has 8 heteroatoms. The maximum absolute atomic E-state index is 11.5. The quantitative estimate of drug-likeness (QED) is 0.659. The Kier molecular flexibility index (Phi) is 3.65. The molecule has 128 valence electrons. The third kappa shape index (κ3) is 2.62. The summed E-state index contributed by atoms with van der Waals surface area (Å²) in [6, 6.07) is 7.06. The lowest BCUT2D eigenvalue weighted by molar-refractivity contribution is 0.0686. The van der Waals surface area contributed by atoms with Gasteiger partial charge in [0.25, 0.3) is 0 Å². The van der Waals surface area contributed by atoms with Crippen LogP contribution in [0.1, 0.15) is 15.9 Å². The van der Waals surface area contributed by atoms with Crippen molar-refractivity contribution in [2.45, 2.75) is 6.92 Å². The number of para-hydroxylation sites is 1. The third-order valence-corrected chi connectivity index (χ3v) is 4.27. The van der Waals surface area contributed by atoms with Crippen LogP contribution >= 0.6 is 11.6 Å². The number of aryl methyl sites for hydroxylation is 1. The summed E-state index contributed by atoms with van der Waals surface area (Å²) in [6.45, 7) is 2.57. The standard InChI is InChI=1S/C17H14ClN3O4/c1-8-3-2-4-10(18)12(8)20-17-19-11-7-9(16(22)23)14-15(13(11)21-17)25-6-5-24-14/h2-4,7H,5-6H2,1H3,(H,22,23)(H2,19,20,21). The van der Waals surface area contributed by atoms with E-state index in [0.29, 0.717) is 41.0 Å². The molecule has 4 rings (SSSR count). The number of hydrogen-bond acceptors (Lipinski definition) is 5. The van der Waals surface area contributed by atoms with E-state index in [0.717, 1.165) is 11.3 Å². The van der Waals surface area contributed by atoms with Crippen LogP contribution in [0.15, 0.2) is 24.3 Å². The van der Waals surface area contributed by atoms with Crippen LogP contribution in [0.5, 0.6) is 11.5 Å². The van der Waals surface area contributed by atoms with Crippen molar-refractivity contribution in [3.05, 3.63) is 40.4 Å². The van der Waals surface area contributed by atoms with Gasteiger partial charge < -0.3 is 24.9 Å². The minimum Gasteiger partial charge on any atom is -0.485 e. The summed E-state index contributed by atoms with van der Waals surface area (Å²) in [4.78, 5) is 19.0. The first-order valence-electron chi connectivity index (χ1n) is 7.62. The molecule has 2 aromatic carbocycles. The average molecular weight is 360 g/mol. The van der Waals surface area contributed by atoms with Gasteiger partial charge in [0.15, 0.2) is 11.5 Å². The molecule has 0 aliphatic carbocycles. The summed E-state index contributed by atoms with van der Waals surface area (Å²) in [7, 11) is 0. The van der Waals surface area contributed by atoms with Gasteiger partial charge in [-0.25, -0.2) is 9.78 Å². The molecule has 0 atom stereocenters. The monoisotopic (exact) mass is 359 g/mol. The van der Waals surface area contributed by atoms with Gasteiger partial charge in [-0.05, 0) is 24.6 Å². The number of H-pyrrole nitrogens is 1. The molecule has 3 aromatic rings. The van der Waals surface area contributed by atoms with Crippen molar-refractivity contribution in [1.82, 2.24) is 9.97 Å². The second kappa shape index (κ2) is 5.86. The zero-order valence-corrected chi connectivity index (χ0v) is 14.0.